The largest absolute Gasteiger partial charge is 0.322 e. The number of carbonyl (C=O) groups excluding carboxylic acids is 1. The highest BCUT2D eigenvalue weighted by Crippen LogP contribution is 2.34. The number of rotatable bonds is 5. The molecule has 0 atom stereocenters. The first-order chi connectivity index (χ1) is 15.2. The number of anilines is 1. The van der Waals surface area contributed by atoms with Crippen molar-refractivity contribution in [1.29, 1.82) is 0 Å². The van der Waals surface area contributed by atoms with Gasteiger partial charge in [-0.05, 0) is 53.1 Å². The van der Waals surface area contributed by atoms with Gasteiger partial charge in [0.1, 0.15) is 0 Å². The van der Waals surface area contributed by atoms with Crippen LogP contribution in [0.15, 0.2) is 89.3 Å². The second-order valence-corrected chi connectivity index (χ2v) is 9.61. The van der Waals surface area contributed by atoms with E-state index in [1.165, 1.54) is 16.3 Å². The quantitative estimate of drug-likeness (QED) is 0.292. The molecule has 5 heteroatoms. The van der Waals surface area contributed by atoms with E-state index in [2.05, 4.69) is 47.8 Å². The number of nitrogens with zero attached hydrogens (tertiary/aromatic N) is 1. The van der Waals surface area contributed by atoms with Gasteiger partial charge in [-0.25, -0.2) is 4.98 Å². The Bertz CT molecular complexity index is 1400. The van der Waals surface area contributed by atoms with Crippen molar-refractivity contribution >= 4 is 55.7 Å². The molecule has 0 aliphatic rings. The predicted molar refractivity (Wildman–Crippen MR) is 132 cm³/mol. The summed E-state index contributed by atoms with van der Waals surface area (Å²) in [5.41, 5.74) is 4.71. The number of thiazole rings is 1. The third-order valence-corrected chi connectivity index (χ3v) is 7.46. The van der Waals surface area contributed by atoms with Crippen molar-refractivity contribution in [2.24, 2.45) is 0 Å². The zero-order valence-electron chi connectivity index (χ0n) is 17.0. The van der Waals surface area contributed by atoms with E-state index in [0.717, 1.165) is 31.6 Å². The first kappa shape index (κ1) is 19.8. The minimum atomic E-state index is -0.0903. The van der Waals surface area contributed by atoms with Crippen molar-refractivity contribution in [2.45, 2.75) is 17.0 Å². The topological polar surface area (TPSA) is 42.0 Å². The SMILES string of the molecule is Cc1ccccc1C(=O)Nc1ccc2nc(SCc3cccc4ccccc34)sc2c1. The standard InChI is InChI=1S/C26H20N2OS2/c1-17-7-2-4-11-21(17)25(29)27-20-13-14-23-24(15-20)31-26(28-23)30-16-19-10-6-9-18-8-3-5-12-22(18)19/h2-15H,16H2,1H3,(H,27,29). The maximum absolute atomic E-state index is 12.6. The van der Waals surface area contributed by atoms with E-state index >= 15 is 0 Å². The van der Waals surface area contributed by atoms with Crippen LogP contribution in [0.5, 0.6) is 0 Å². The number of fused-ring (bicyclic) bond motifs is 2. The van der Waals surface area contributed by atoms with Gasteiger partial charge in [-0.2, -0.15) is 0 Å². The number of nitrogens with one attached hydrogen (secondary N) is 1. The predicted octanol–water partition coefficient (Wildman–Crippen LogP) is 7.30. The van der Waals surface area contributed by atoms with E-state index in [-0.39, 0.29) is 5.91 Å². The molecule has 1 aromatic heterocycles. The third-order valence-electron chi connectivity index (χ3n) is 5.25. The summed E-state index contributed by atoms with van der Waals surface area (Å²) < 4.78 is 2.10. The Hall–Kier alpha value is -3.15. The summed E-state index contributed by atoms with van der Waals surface area (Å²) in [6, 6.07) is 28.4. The Balaban J connectivity index is 1.33. The zero-order valence-corrected chi connectivity index (χ0v) is 18.6. The molecule has 0 aliphatic heterocycles. The van der Waals surface area contributed by atoms with Crippen molar-refractivity contribution < 1.29 is 4.79 Å². The first-order valence-electron chi connectivity index (χ1n) is 10.0. The van der Waals surface area contributed by atoms with Crippen LogP contribution in [-0.4, -0.2) is 10.9 Å². The van der Waals surface area contributed by atoms with Crippen molar-refractivity contribution in [3.05, 3.63) is 102 Å². The lowest BCUT2D eigenvalue weighted by Crippen LogP contribution is -2.13. The summed E-state index contributed by atoms with van der Waals surface area (Å²) in [4.78, 5) is 17.4. The maximum atomic E-state index is 12.6. The zero-order chi connectivity index (χ0) is 21.2. The summed E-state index contributed by atoms with van der Waals surface area (Å²) >= 11 is 3.42. The monoisotopic (exact) mass is 440 g/mol. The van der Waals surface area contributed by atoms with Crippen LogP contribution in [0.1, 0.15) is 21.5 Å². The number of thioether (sulfide) groups is 1. The first-order valence-corrected chi connectivity index (χ1v) is 11.8. The molecule has 0 bridgehead atoms. The van der Waals surface area contributed by atoms with E-state index < -0.39 is 0 Å². The van der Waals surface area contributed by atoms with Crippen LogP contribution in [0.3, 0.4) is 0 Å². The molecular formula is C26H20N2OS2. The minimum Gasteiger partial charge on any atom is -0.322 e. The number of amides is 1. The number of hydrogen-bond donors (Lipinski definition) is 1. The molecule has 5 rings (SSSR count). The van der Waals surface area contributed by atoms with E-state index in [1.54, 1.807) is 23.1 Å². The fourth-order valence-electron chi connectivity index (χ4n) is 3.63. The smallest absolute Gasteiger partial charge is 0.255 e. The number of benzene rings is 4. The van der Waals surface area contributed by atoms with Crippen LogP contribution in [0, 0.1) is 6.92 Å². The Kier molecular flexibility index (Phi) is 5.45. The van der Waals surface area contributed by atoms with E-state index in [0.29, 0.717) is 5.56 Å². The van der Waals surface area contributed by atoms with Gasteiger partial charge in [0, 0.05) is 17.0 Å². The van der Waals surface area contributed by atoms with Crippen molar-refractivity contribution in [3.8, 4) is 0 Å². The van der Waals surface area contributed by atoms with Gasteiger partial charge in [-0.1, -0.05) is 72.4 Å². The van der Waals surface area contributed by atoms with Crippen molar-refractivity contribution in [2.75, 3.05) is 5.32 Å². The molecule has 0 spiro atoms. The second-order valence-electron chi connectivity index (χ2n) is 7.36. The lowest BCUT2D eigenvalue weighted by molar-refractivity contribution is 0.102. The molecule has 0 saturated heterocycles. The Morgan fingerprint density at radius 3 is 2.68 bits per heavy atom. The normalized spacial score (nSPS) is 11.1. The van der Waals surface area contributed by atoms with Crippen LogP contribution in [0.25, 0.3) is 21.0 Å². The average molecular weight is 441 g/mol. The number of aryl methyl sites for hydroxylation is 1. The van der Waals surface area contributed by atoms with Gasteiger partial charge in [0.2, 0.25) is 0 Å². The summed E-state index contributed by atoms with van der Waals surface area (Å²) in [6.07, 6.45) is 0. The molecule has 5 aromatic rings. The molecule has 3 nitrogen and oxygen atoms in total. The summed E-state index contributed by atoms with van der Waals surface area (Å²) in [5.74, 6) is 0.783. The van der Waals surface area contributed by atoms with Crippen molar-refractivity contribution in [1.82, 2.24) is 4.98 Å². The van der Waals surface area contributed by atoms with Gasteiger partial charge in [0.05, 0.1) is 10.2 Å². The molecule has 0 unspecified atom stereocenters. The Morgan fingerprint density at radius 1 is 0.968 bits per heavy atom. The Labute approximate surface area is 189 Å². The molecule has 1 amide bonds. The highest BCUT2D eigenvalue weighted by molar-refractivity contribution is 8.00. The van der Waals surface area contributed by atoms with E-state index in [1.807, 2.05) is 49.4 Å². The van der Waals surface area contributed by atoms with Crippen LogP contribution in [-0.2, 0) is 5.75 Å². The van der Waals surface area contributed by atoms with Gasteiger partial charge in [-0.3, -0.25) is 4.79 Å². The summed E-state index contributed by atoms with van der Waals surface area (Å²) in [5, 5.41) is 5.57. The highest BCUT2D eigenvalue weighted by atomic mass is 32.2. The molecule has 1 heterocycles. The van der Waals surface area contributed by atoms with Crippen LogP contribution >= 0.6 is 23.1 Å². The van der Waals surface area contributed by atoms with Crippen molar-refractivity contribution in [3.63, 3.8) is 0 Å². The van der Waals surface area contributed by atoms with Crippen LogP contribution in [0.4, 0.5) is 5.69 Å². The van der Waals surface area contributed by atoms with Gasteiger partial charge in [0.15, 0.2) is 4.34 Å². The summed E-state index contributed by atoms with van der Waals surface area (Å²) in [6.45, 7) is 1.95. The molecule has 0 aliphatic carbocycles. The summed E-state index contributed by atoms with van der Waals surface area (Å²) in [7, 11) is 0. The lowest BCUT2D eigenvalue weighted by atomic mass is 10.1. The molecule has 31 heavy (non-hydrogen) atoms. The van der Waals surface area contributed by atoms with E-state index in [4.69, 9.17) is 4.98 Å². The lowest BCUT2D eigenvalue weighted by Gasteiger charge is -2.07. The van der Waals surface area contributed by atoms with Gasteiger partial charge < -0.3 is 5.32 Å². The van der Waals surface area contributed by atoms with Crippen LogP contribution < -0.4 is 5.32 Å². The molecule has 0 radical (unpaired) electrons. The van der Waals surface area contributed by atoms with Gasteiger partial charge in [0.25, 0.3) is 5.91 Å². The molecule has 1 N–H and O–H groups in total. The molecule has 0 saturated carbocycles. The second kappa shape index (κ2) is 8.53. The number of hydrogen-bond acceptors (Lipinski definition) is 4. The number of aromatic nitrogens is 1. The Morgan fingerprint density at radius 2 is 1.77 bits per heavy atom. The van der Waals surface area contributed by atoms with E-state index in [9.17, 15) is 4.79 Å². The fraction of sp³-hybridized carbons (Fsp3) is 0.0769. The molecule has 152 valence electrons. The maximum Gasteiger partial charge on any atom is 0.255 e. The molecular weight excluding hydrogens is 420 g/mol. The average Bonchev–Trinajstić information content (AvgIpc) is 3.20. The highest BCUT2D eigenvalue weighted by Gasteiger charge is 2.11. The van der Waals surface area contributed by atoms with Gasteiger partial charge >= 0.3 is 0 Å². The van der Waals surface area contributed by atoms with Crippen LogP contribution in [0.2, 0.25) is 0 Å². The number of carbonyl (C=O) groups is 1. The fourth-order valence-corrected chi connectivity index (χ4v) is 5.74. The molecule has 0 fully saturated rings. The third kappa shape index (κ3) is 4.20. The van der Waals surface area contributed by atoms with Gasteiger partial charge in [-0.15, -0.1) is 11.3 Å². The minimum absolute atomic E-state index is 0.0903. The molecule has 4 aromatic carbocycles.